The summed E-state index contributed by atoms with van der Waals surface area (Å²) in [5, 5.41) is 0.514. The van der Waals surface area contributed by atoms with Gasteiger partial charge in [-0.1, -0.05) is 60.1 Å². The van der Waals surface area contributed by atoms with Gasteiger partial charge >= 0.3 is 18.2 Å². The lowest BCUT2D eigenvalue weighted by Gasteiger charge is -2.35. The third kappa shape index (κ3) is 5.00. The molecule has 11 heteroatoms. The number of aromatic nitrogens is 2. The molecule has 1 aliphatic rings. The smallest absolute Gasteiger partial charge is 0.425 e. The fourth-order valence-electron chi connectivity index (χ4n) is 4.57. The molecule has 200 valence electrons. The third-order valence-electron chi connectivity index (χ3n) is 6.56. The van der Waals surface area contributed by atoms with E-state index >= 15 is 0 Å². The molecular weight excluding hydrogens is 533 g/mol. The van der Waals surface area contributed by atoms with E-state index in [0.29, 0.717) is 5.02 Å². The topological polar surface area (TPSA) is 64.4 Å². The summed E-state index contributed by atoms with van der Waals surface area (Å²) in [6.07, 6.45) is -4.58. The van der Waals surface area contributed by atoms with Crippen molar-refractivity contribution in [2.45, 2.75) is 19.3 Å². The number of fused-ring (bicyclic) bond motifs is 1. The molecule has 1 aromatic heterocycles. The molecule has 1 aliphatic heterocycles. The second-order valence-electron chi connectivity index (χ2n) is 9.39. The van der Waals surface area contributed by atoms with Crippen molar-refractivity contribution in [1.29, 1.82) is 0 Å². The molecule has 4 aromatic rings. The molecule has 0 bridgehead atoms. The molecule has 3 aromatic carbocycles. The third-order valence-corrected chi connectivity index (χ3v) is 6.82. The Bertz CT molecular complexity index is 1550. The maximum absolute atomic E-state index is 13.5. The number of quaternary nitrogens is 1. The number of hydrogen-bond donors (Lipinski definition) is 0. The van der Waals surface area contributed by atoms with Crippen molar-refractivity contribution in [3.05, 3.63) is 106 Å². The van der Waals surface area contributed by atoms with Crippen molar-refractivity contribution in [3.8, 4) is 11.8 Å². The maximum atomic E-state index is 13.5. The Morgan fingerprint density at radius 2 is 1.64 bits per heavy atom. The minimum absolute atomic E-state index is 0.0902. The van der Waals surface area contributed by atoms with Gasteiger partial charge in [0.25, 0.3) is 11.7 Å². The van der Waals surface area contributed by atoms with Crippen LogP contribution >= 0.6 is 11.6 Å². The van der Waals surface area contributed by atoms with Gasteiger partial charge in [0.1, 0.15) is 12.3 Å². The number of alkyl halides is 3. The number of benzene rings is 3. The summed E-state index contributed by atoms with van der Waals surface area (Å²) < 4.78 is 47.1. The number of carbonyl (C=O) groups is 2. The first kappa shape index (κ1) is 26.5. The van der Waals surface area contributed by atoms with Crippen molar-refractivity contribution >= 4 is 29.4 Å². The van der Waals surface area contributed by atoms with Crippen LogP contribution in [0, 0.1) is 0 Å². The molecule has 0 saturated heterocycles. The first-order chi connectivity index (χ1) is 18.5. The van der Waals surface area contributed by atoms with Crippen molar-refractivity contribution in [2.24, 2.45) is 0 Å². The number of urea groups is 1. The summed E-state index contributed by atoms with van der Waals surface area (Å²) in [7, 11) is 3.03. The number of ether oxygens (including phenoxy) is 1. The number of imide groups is 1. The Balaban J connectivity index is 1.67. The van der Waals surface area contributed by atoms with Crippen LogP contribution in [0.25, 0.3) is 0 Å². The molecule has 7 nitrogen and oxygen atoms in total. The molecule has 0 saturated carbocycles. The maximum Gasteiger partial charge on any atom is 0.432 e. The predicted octanol–water partition coefficient (Wildman–Crippen LogP) is 6.74. The van der Waals surface area contributed by atoms with E-state index < -0.39 is 23.7 Å². The highest BCUT2D eigenvalue weighted by molar-refractivity contribution is 6.30. The van der Waals surface area contributed by atoms with Crippen LogP contribution in [-0.4, -0.2) is 40.5 Å². The van der Waals surface area contributed by atoms with Crippen LogP contribution < -0.4 is 9.22 Å². The van der Waals surface area contributed by atoms with Gasteiger partial charge in [-0.05, 0) is 35.9 Å². The summed E-state index contributed by atoms with van der Waals surface area (Å²) in [5.74, 6) is -0.573. The molecule has 0 fully saturated rings. The van der Waals surface area contributed by atoms with Crippen molar-refractivity contribution in [2.75, 3.05) is 14.1 Å². The highest BCUT2D eigenvalue weighted by atomic mass is 35.5. The molecule has 0 spiro atoms. The molecule has 0 aliphatic carbocycles. The van der Waals surface area contributed by atoms with Crippen LogP contribution in [0.2, 0.25) is 5.02 Å². The quantitative estimate of drug-likeness (QED) is 0.247. The normalized spacial score (nSPS) is 17.3. The van der Waals surface area contributed by atoms with Crippen molar-refractivity contribution in [3.63, 3.8) is 0 Å². The summed E-state index contributed by atoms with van der Waals surface area (Å²) in [6.45, 7) is 0.276. The van der Waals surface area contributed by atoms with Crippen LogP contribution in [0.3, 0.4) is 0 Å². The average molecular weight is 556 g/mol. The van der Waals surface area contributed by atoms with Gasteiger partial charge < -0.3 is 4.74 Å². The van der Waals surface area contributed by atoms with Gasteiger partial charge in [0, 0.05) is 17.6 Å². The SMILES string of the molecule is CN1C(=O)c2c(nc(Oc3cccc(C(F)(F)F)c3)n2Cc2ccc(Cl)cc2)[N+](C)(Cc2ccccc2)C1=O. The minimum atomic E-state index is -4.58. The fourth-order valence-corrected chi connectivity index (χ4v) is 4.70. The van der Waals surface area contributed by atoms with Gasteiger partial charge in [-0.3, -0.25) is 9.36 Å². The summed E-state index contributed by atoms with van der Waals surface area (Å²) in [6, 6.07) is 19.9. The molecule has 0 N–H and O–H groups in total. The highest BCUT2D eigenvalue weighted by Gasteiger charge is 2.52. The number of rotatable bonds is 6. The molecule has 2 heterocycles. The van der Waals surface area contributed by atoms with Crippen LogP contribution in [0.1, 0.15) is 27.2 Å². The molecule has 1 unspecified atom stereocenters. The number of hydrogen-bond acceptors (Lipinski definition) is 4. The Kier molecular flexibility index (Phi) is 6.69. The van der Waals surface area contributed by atoms with Gasteiger partial charge in [-0.2, -0.15) is 17.7 Å². The number of imidazole rings is 1. The second kappa shape index (κ2) is 9.87. The number of amides is 3. The average Bonchev–Trinajstić information content (AvgIpc) is 3.26. The second-order valence-corrected chi connectivity index (χ2v) is 9.83. The van der Waals surface area contributed by atoms with Crippen LogP contribution in [0.15, 0.2) is 78.9 Å². The zero-order chi connectivity index (χ0) is 27.9. The van der Waals surface area contributed by atoms with Crippen LogP contribution in [0.4, 0.5) is 23.8 Å². The molecule has 1 atom stereocenters. The lowest BCUT2D eigenvalue weighted by molar-refractivity contribution is -0.137. The van der Waals surface area contributed by atoms with E-state index in [4.69, 9.17) is 16.3 Å². The first-order valence-corrected chi connectivity index (χ1v) is 12.3. The van der Waals surface area contributed by atoms with E-state index in [0.717, 1.165) is 28.2 Å². The standard InChI is InChI=1S/C28H23ClF3N4O3/c1-34-25(37)23-24(36(2,27(34)38)17-19-7-4-3-5-8-19)33-26(35(23)16-18-11-13-21(29)14-12-18)39-22-10-6-9-20(15-22)28(30,31)32/h3-15H,16-17H2,1-2H3/q+1. The van der Waals surface area contributed by atoms with Gasteiger partial charge in [-0.15, -0.1) is 4.98 Å². The Labute approximate surface area is 227 Å². The Morgan fingerprint density at radius 3 is 2.31 bits per heavy atom. The fraction of sp³-hybridized carbons (Fsp3) is 0.179. The number of nitrogens with zero attached hydrogens (tertiary/aromatic N) is 4. The van der Waals surface area contributed by atoms with Gasteiger partial charge in [0.15, 0.2) is 5.69 Å². The van der Waals surface area contributed by atoms with E-state index in [9.17, 15) is 22.8 Å². The van der Waals surface area contributed by atoms with E-state index in [1.54, 1.807) is 31.3 Å². The molecule has 0 radical (unpaired) electrons. The molecular formula is C28H23ClF3N4O3+. The van der Waals surface area contributed by atoms with Gasteiger partial charge in [0.05, 0.1) is 19.2 Å². The van der Waals surface area contributed by atoms with E-state index in [1.807, 2.05) is 30.3 Å². The van der Waals surface area contributed by atoms with Gasteiger partial charge in [0.2, 0.25) is 0 Å². The molecule has 3 amide bonds. The largest absolute Gasteiger partial charge is 0.432 e. The summed E-state index contributed by atoms with van der Waals surface area (Å²) in [4.78, 5) is 32.6. The number of halogens is 4. The van der Waals surface area contributed by atoms with Crippen LogP contribution in [0.5, 0.6) is 11.8 Å². The zero-order valence-corrected chi connectivity index (χ0v) is 21.7. The van der Waals surface area contributed by atoms with Crippen LogP contribution in [-0.2, 0) is 19.3 Å². The summed E-state index contributed by atoms with van der Waals surface area (Å²) >= 11 is 6.04. The van der Waals surface area contributed by atoms with Crippen molar-refractivity contribution < 1.29 is 27.5 Å². The van der Waals surface area contributed by atoms with E-state index in [-0.39, 0.29) is 40.8 Å². The Hall–Kier alpha value is -4.15. The monoisotopic (exact) mass is 555 g/mol. The summed E-state index contributed by atoms with van der Waals surface area (Å²) in [5.41, 5.74) is 0.775. The van der Waals surface area contributed by atoms with E-state index in [2.05, 4.69) is 4.98 Å². The molecule has 39 heavy (non-hydrogen) atoms. The van der Waals surface area contributed by atoms with Gasteiger partial charge in [-0.25, -0.2) is 9.69 Å². The lowest BCUT2D eigenvalue weighted by atomic mass is 10.1. The first-order valence-electron chi connectivity index (χ1n) is 11.9. The number of carbonyl (C=O) groups excluding carboxylic acids is 2. The highest BCUT2D eigenvalue weighted by Crippen LogP contribution is 2.39. The predicted molar refractivity (Wildman–Crippen MR) is 140 cm³/mol. The Morgan fingerprint density at radius 1 is 0.949 bits per heavy atom. The van der Waals surface area contributed by atoms with E-state index in [1.165, 1.54) is 23.7 Å². The minimum Gasteiger partial charge on any atom is -0.425 e. The van der Waals surface area contributed by atoms with Crippen molar-refractivity contribution in [1.82, 2.24) is 18.9 Å². The lowest BCUT2D eigenvalue weighted by Crippen LogP contribution is -2.61. The zero-order valence-electron chi connectivity index (χ0n) is 20.9. The molecule has 5 rings (SSSR count).